The Morgan fingerprint density at radius 2 is 2.29 bits per heavy atom. The third-order valence-electron chi connectivity index (χ3n) is 2.59. The van der Waals surface area contributed by atoms with Gasteiger partial charge in [0.05, 0.1) is 7.11 Å². The summed E-state index contributed by atoms with van der Waals surface area (Å²) in [5, 5.41) is 10.7. The van der Waals surface area contributed by atoms with Crippen molar-refractivity contribution < 1.29 is 14.7 Å². The number of aromatic nitrogens is 1. The smallest absolute Gasteiger partial charge is 0.272 e. The van der Waals surface area contributed by atoms with Gasteiger partial charge in [-0.1, -0.05) is 18.2 Å². The summed E-state index contributed by atoms with van der Waals surface area (Å²) in [5.41, 5.74) is 4.00. The van der Waals surface area contributed by atoms with Crippen LogP contribution in [0, 0.1) is 0 Å². The van der Waals surface area contributed by atoms with Crippen molar-refractivity contribution in [2.24, 2.45) is 0 Å². The number of aliphatic hydroxyl groups excluding tert-OH is 1. The molecule has 0 aliphatic rings. The first-order valence-electron chi connectivity index (χ1n) is 5.28. The largest absolute Gasteiger partial charge is 0.383 e. The van der Waals surface area contributed by atoms with Crippen molar-refractivity contribution in [3.05, 3.63) is 36.0 Å². The van der Waals surface area contributed by atoms with Gasteiger partial charge in [-0.25, -0.2) is 5.48 Å². The summed E-state index contributed by atoms with van der Waals surface area (Å²) in [6.45, 7) is 0. The number of rotatable bonds is 4. The van der Waals surface area contributed by atoms with Crippen LogP contribution in [0.4, 0.5) is 0 Å². The number of aromatic amines is 1. The molecule has 0 bridgehead atoms. The maximum atomic E-state index is 11.3. The normalized spacial score (nSPS) is 12.6. The number of nitrogens with one attached hydrogen (secondary N) is 2. The molecular weight excluding hydrogens is 220 g/mol. The maximum absolute atomic E-state index is 11.3. The lowest BCUT2D eigenvalue weighted by Gasteiger charge is -2.08. The average molecular weight is 234 g/mol. The molecule has 1 heterocycles. The molecule has 0 aliphatic carbocycles. The Bertz CT molecular complexity index is 521. The van der Waals surface area contributed by atoms with Crippen LogP contribution in [0.1, 0.15) is 5.56 Å². The van der Waals surface area contributed by atoms with Crippen molar-refractivity contribution in [3.63, 3.8) is 0 Å². The highest BCUT2D eigenvalue weighted by Gasteiger charge is 2.17. The Morgan fingerprint density at radius 1 is 1.53 bits per heavy atom. The maximum Gasteiger partial charge on any atom is 0.272 e. The zero-order valence-electron chi connectivity index (χ0n) is 9.43. The summed E-state index contributed by atoms with van der Waals surface area (Å²) < 4.78 is 0. The summed E-state index contributed by atoms with van der Waals surface area (Å²) in [4.78, 5) is 18.9. The van der Waals surface area contributed by atoms with E-state index in [2.05, 4.69) is 15.3 Å². The Hall–Kier alpha value is -1.85. The molecule has 2 aromatic rings. The van der Waals surface area contributed by atoms with Crippen molar-refractivity contribution in [1.82, 2.24) is 10.5 Å². The molecule has 5 nitrogen and oxygen atoms in total. The molecule has 0 spiro atoms. The lowest BCUT2D eigenvalue weighted by atomic mass is 10.1. The van der Waals surface area contributed by atoms with Crippen LogP contribution in [-0.2, 0) is 16.1 Å². The molecule has 2 rings (SSSR count). The van der Waals surface area contributed by atoms with Gasteiger partial charge < -0.3 is 10.1 Å². The minimum absolute atomic E-state index is 0.249. The fourth-order valence-corrected chi connectivity index (χ4v) is 1.77. The summed E-state index contributed by atoms with van der Waals surface area (Å²) in [5.74, 6) is -0.544. The first-order valence-corrected chi connectivity index (χ1v) is 5.28. The van der Waals surface area contributed by atoms with E-state index < -0.39 is 12.0 Å². The Balaban J connectivity index is 2.16. The molecular formula is C12H14N2O3. The third kappa shape index (κ3) is 2.46. The van der Waals surface area contributed by atoms with E-state index in [1.807, 2.05) is 24.3 Å². The van der Waals surface area contributed by atoms with Crippen LogP contribution in [0.5, 0.6) is 0 Å². The highest BCUT2D eigenvalue weighted by atomic mass is 16.6. The number of hydrogen-bond acceptors (Lipinski definition) is 3. The molecule has 0 aliphatic heterocycles. The zero-order valence-corrected chi connectivity index (χ0v) is 9.43. The topological polar surface area (TPSA) is 74.3 Å². The van der Waals surface area contributed by atoms with Gasteiger partial charge >= 0.3 is 0 Å². The van der Waals surface area contributed by atoms with Crippen molar-refractivity contribution in [3.8, 4) is 0 Å². The number of para-hydroxylation sites is 1. The molecule has 1 aromatic carbocycles. The SMILES string of the molecule is CONC(=O)C(O)Cc1c[nH]c2ccccc12. The van der Waals surface area contributed by atoms with Gasteiger partial charge in [0.25, 0.3) is 5.91 Å². The lowest BCUT2D eigenvalue weighted by molar-refractivity contribution is -0.139. The number of carbonyl (C=O) groups excluding carboxylic acids is 1. The van der Waals surface area contributed by atoms with Crippen molar-refractivity contribution in [2.45, 2.75) is 12.5 Å². The lowest BCUT2D eigenvalue weighted by Crippen LogP contribution is -2.35. The van der Waals surface area contributed by atoms with Crippen LogP contribution in [0.15, 0.2) is 30.5 Å². The van der Waals surface area contributed by atoms with E-state index >= 15 is 0 Å². The van der Waals surface area contributed by atoms with Crippen molar-refractivity contribution >= 4 is 16.8 Å². The molecule has 17 heavy (non-hydrogen) atoms. The second-order valence-electron chi connectivity index (χ2n) is 3.75. The van der Waals surface area contributed by atoms with Crippen LogP contribution >= 0.6 is 0 Å². The van der Waals surface area contributed by atoms with Gasteiger partial charge in [0.2, 0.25) is 0 Å². The molecule has 0 radical (unpaired) electrons. The highest BCUT2D eigenvalue weighted by molar-refractivity contribution is 5.85. The van der Waals surface area contributed by atoms with E-state index in [4.69, 9.17) is 0 Å². The number of H-pyrrole nitrogens is 1. The van der Waals surface area contributed by atoms with E-state index in [1.165, 1.54) is 7.11 Å². The number of amides is 1. The van der Waals surface area contributed by atoms with Gasteiger partial charge in [0, 0.05) is 23.5 Å². The number of hydroxylamine groups is 1. The number of carbonyl (C=O) groups is 1. The van der Waals surface area contributed by atoms with Crippen molar-refractivity contribution in [1.29, 1.82) is 0 Å². The number of aliphatic hydroxyl groups is 1. The first kappa shape index (κ1) is 11.6. The van der Waals surface area contributed by atoms with E-state index in [0.29, 0.717) is 0 Å². The Kier molecular flexibility index (Phi) is 3.41. The monoisotopic (exact) mass is 234 g/mol. The van der Waals surface area contributed by atoms with Crippen LogP contribution in [-0.4, -0.2) is 29.2 Å². The fraction of sp³-hybridized carbons (Fsp3) is 0.250. The minimum Gasteiger partial charge on any atom is -0.383 e. The fourth-order valence-electron chi connectivity index (χ4n) is 1.77. The molecule has 0 saturated carbocycles. The predicted molar refractivity (Wildman–Crippen MR) is 63.2 cm³/mol. The summed E-state index contributed by atoms with van der Waals surface area (Å²) >= 11 is 0. The summed E-state index contributed by atoms with van der Waals surface area (Å²) in [6.07, 6.45) is 0.932. The zero-order chi connectivity index (χ0) is 12.3. The minimum atomic E-state index is -1.12. The molecule has 3 N–H and O–H groups in total. The molecule has 5 heteroatoms. The average Bonchev–Trinajstić information content (AvgIpc) is 2.73. The molecule has 1 atom stereocenters. The summed E-state index contributed by atoms with van der Waals surface area (Å²) in [7, 11) is 1.33. The molecule has 90 valence electrons. The van der Waals surface area contributed by atoms with Crippen LogP contribution < -0.4 is 5.48 Å². The Labute approximate surface area is 98.4 Å². The second-order valence-corrected chi connectivity index (χ2v) is 3.75. The Morgan fingerprint density at radius 3 is 3.06 bits per heavy atom. The highest BCUT2D eigenvalue weighted by Crippen LogP contribution is 2.18. The van der Waals surface area contributed by atoms with Crippen LogP contribution in [0.2, 0.25) is 0 Å². The second kappa shape index (κ2) is 4.99. The van der Waals surface area contributed by atoms with Crippen LogP contribution in [0.3, 0.4) is 0 Å². The van der Waals surface area contributed by atoms with Gasteiger partial charge in [0.1, 0.15) is 6.10 Å². The van der Waals surface area contributed by atoms with E-state index in [-0.39, 0.29) is 6.42 Å². The van der Waals surface area contributed by atoms with Gasteiger partial charge in [-0.3, -0.25) is 9.63 Å². The molecule has 0 saturated heterocycles. The predicted octanol–water partition coefficient (Wildman–Crippen LogP) is 0.749. The summed E-state index contributed by atoms with van der Waals surface area (Å²) in [6, 6.07) is 7.74. The van der Waals surface area contributed by atoms with Gasteiger partial charge in [-0.15, -0.1) is 0 Å². The van der Waals surface area contributed by atoms with Crippen molar-refractivity contribution in [2.75, 3.05) is 7.11 Å². The van der Waals surface area contributed by atoms with Gasteiger partial charge in [-0.2, -0.15) is 0 Å². The van der Waals surface area contributed by atoms with Gasteiger partial charge in [0.15, 0.2) is 0 Å². The quantitative estimate of drug-likeness (QED) is 0.683. The van der Waals surface area contributed by atoms with E-state index in [0.717, 1.165) is 16.5 Å². The third-order valence-corrected chi connectivity index (χ3v) is 2.59. The molecule has 0 fully saturated rings. The molecule has 1 amide bonds. The number of fused-ring (bicyclic) bond motifs is 1. The number of hydrogen-bond donors (Lipinski definition) is 3. The molecule has 1 unspecified atom stereocenters. The standard InChI is InChI=1S/C12H14N2O3/c1-17-14-12(16)11(15)6-8-7-13-10-5-3-2-4-9(8)10/h2-5,7,11,13,15H,6H2,1H3,(H,14,16). The van der Waals surface area contributed by atoms with E-state index in [1.54, 1.807) is 6.20 Å². The van der Waals surface area contributed by atoms with Crippen LogP contribution in [0.25, 0.3) is 10.9 Å². The molecule has 1 aromatic heterocycles. The first-order chi connectivity index (χ1) is 8.22. The number of benzene rings is 1. The van der Waals surface area contributed by atoms with Gasteiger partial charge in [-0.05, 0) is 11.6 Å². The van der Waals surface area contributed by atoms with E-state index in [9.17, 15) is 9.90 Å².